The highest BCUT2D eigenvalue weighted by Crippen LogP contribution is 2.31. The van der Waals surface area contributed by atoms with Crippen LogP contribution in [0.4, 0.5) is 5.69 Å². The fraction of sp³-hybridized carbons (Fsp3) is 0.278. The number of rotatable bonds is 2. The minimum Gasteiger partial charge on any atom is -0.308 e. The largest absolute Gasteiger partial charge is 0.308 e. The molecule has 2 nitrogen and oxygen atoms in total. The van der Waals surface area contributed by atoms with Crippen LogP contribution in [0.15, 0.2) is 40.9 Å². The molecule has 108 valence electrons. The molecule has 1 amide bonds. The Hall–Kier alpha value is -1.61. The molecular formula is C18H18BrNO. The zero-order chi connectivity index (χ0) is 15.0. The fourth-order valence-corrected chi connectivity index (χ4v) is 3.30. The van der Waals surface area contributed by atoms with Gasteiger partial charge in [0.15, 0.2) is 0 Å². The lowest BCUT2D eigenvalue weighted by Gasteiger charge is -2.30. The number of fused-ring (bicyclic) bond motifs is 1. The lowest BCUT2D eigenvalue weighted by Crippen LogP contribution is -2.34. The van der Waals surface area contributed by atoms with E-state index in [1.165, 1.54) is 22.3 Å². The van der Waals surface area contributed by atoms with Crippen LogP contribution in [0.5, 0.6) is 0 Å². The molecule has 0 saturated heterocycles. The molecule has 0 fully saturated rings. The second-order valence-electron chi connectivity index (χ2n) is 5.68. The summed E-state index contributed by atoms with van der Waals surface area (Å²) in [6, 6.07) is 12.6. The highest BCUT2D eigenvalue weighted by atomic mass is 79.9. The number of hydrogen-bond donors (Lipinski definition) is 0. The Bertz CT molecular complexity index is 708. The molecule has 0 radical (unpaired) electrons. The average molecular weight is 344 g/mol. The van der Waals surface area contributed by atoms with Gasteiger partial charge in [0.1, 0.15) is 0 Å². The molecule has 0 saturated carbocycles. The van der Waals surface area contributed by atoms with Gasteiger partial charge in [-0.3, -0.25) is 4.79 Å². The van der Waals surface area contributed by atoms with E-state index in [-0.39, 0.29) is 5.91 Å². The monoisotopic (exact) mass is 343 g/mol. The van der Waals surface area contributed by atoms with Crippen molar-refractivity contribution in [3.8, 4) is 0 Å². The van der Waals surface area contributed by atoms with Crippen molar-refractivity contribution in [1.29, 1.82) is 0 Å². The van der Waals surface area contributed by atoms with Gasteiger partial charge in [-0.1, -0.05) is 39.7 Å². The van der Waals surface area contributed by atoms with Gasteiger partial charge in [-0.15, -0.1) is 0 Å². The van der Waals surface area contributed by atoms with Crippen molar-refractivity contribution in [3.05, 3.63) is 63.1 Å². The summed E-state index contributed by atoms with van der Waals surface area (Å²) in [6.07, 6.45) is 1.42. The average Bonchev–Trinajstić information content (AvgIpc) is 2.44. The van der Waals surface area contributed by atoms with Crippen molar-refractivity contribution in [3.63, 3.8) is 0 Å². The highest BCUT2D eigenvalue weighted by Gasteiger charge is 2.24. The standard InChI is InChI=1S/C18H18BrNO/c1-12-3-4-15(13(2)9-12)11-20-17-7-6-16(19)10-14(17)5-8-18(20)21/h3-4,6-7,9-10H,5,8,11H2,1-2H3. The Labute approximate surface area is 133 Å². The smallest absolute Gasteiger partial charge is 0.227 e. The lowest BCUT2D eigenvalue weighted by molar-refractivity contribution is -0.119. The van der Waals surface area contributed by atoms with Crippen LogP contribution < -0.4 is 4.90 Å². The van der Waals surface area contributed by atoms with E-state index in [9.17, 15) is 4.79 Å². The first kappa shape index (κ1) is 14.3. The molecule has 21 heavy (non-hydrogen) atoms. The SMILES string of the molecule is Cc1ccc(CN2C(=O)CCc3cc(Br)ccc32)c(C)c1. The van der Waals surface area contributed by atoms with Crippen molar-refractivity contribution in [2.45, 2.75) is 33.2 Å². The lowest BCUT2D eigenvalue weighted by atomic mass is 9.99. The Balaban J connectivity index is 1.96. The molecule has 2 aromatic rings. The molecule has 0 N–H and O–H groups in total. The summed E-state index contributed by atoms with van der Waals surface area (Å²) in [5.74, 6) is 0.213. The first-order valence-electron chi connectivity index (χ1n) is 7.19. The van der Waals surface area contributed by atoms with Crippen LogP contribution in [-0.2, 0) is 17.8 Å². The minimum absolute atomic E-state index is 0.213. The number of aryl methyl sites for hydroxylation is 3. The van der Waals surface area contributed by atoms with Gasteiger partial charge in [0.25, 0.3) is 0 Å². The van der Waals surface area contributed by atoms with Crippen LogP contribution >= 0.6 is 15.9 Å². The predicted molar refractivity (Wildman–Crippen MR) is 89.6 cm³/mol. The number of hydrogen-bond acceptors (Lipinski definition) is 1. The normalized spacial score (nSPS) is 14.2. The summed E-state index contributed by atoms with van der Waals surface area (Å²) in [5, 5.41) is 0. The molecule has 0 atom stereocenters. The first-order chi connectivity index (χ1) is 10.0. The molecule has 3 heteroatoms. The van der Waals surface area contributed by atoms with E-state index < -0.39 is 0 Å². The van der Waals surface area contributed by atoms with E-state index in [4.69, 9.17) is 0 Å². The maximum absolute atomic E-state index is 12.3. The third-order valence-electron chi connectivity index (χ3n) is 4.07. The van der Waals surface area contributed by atoms with Crippen molar-refractivity contribution in [2.75, 3.05) is 4.90 Å². The van der Waals surface area contributed by atoms with Gasteiger partial charge in [-0.2, -0.15) is 0 Å². The summed E-state index contributed by atoms with van der Waals surface area (Å²) < 4.78 is 1.07. The maximum atomic E-state index is 12.3. The van der Waals surface area contributed by atoms with Gasteiger partial charge in [0.05, 0.1) is 6.54 Å². The van der Waals surface area contributed by atoms with E-state index in [1.807, 2.05) is 17.0 Å². The van der Waals surface area contributed by atoms with Crippen molar-refractivity contribution in [2.24, 2.45) is 0 Å². The van der Waals surface area contributed by atoms with Gasteiger partial charge in [0, 0.05) is 16.6 Å². The van der Waals surface area contributed by atoms with Gasteiger partial charge in [-0.05, 0) is 55.2 Å². The molecule has 3 rings (SSSR count). The molecular weight excluding hydrogens is 326 g/mol. The van der Waals surface area contributed by atoms with Crippen molar-refractivity contribution in [1.82, 2.24) is 0 Å². The maximum Gasteiger partial charge on any atom is 0.227 e. The van der Waals surface area contributed by atoms with Crippen LogP contribution in [0.3, 0.4) is 0 Å². The molecule has 2 aromatic carbocycles. The Morgan fingerprint density at radius 2 is 1.90 bits per heavy atom. The highest BCUT2D eigenvalue weighted by molar-refractivity contribution is 9.10. The van der Waals surface area contributed by atoms with Crippen molar-refractivity contribution >= 4 is 27.5 Å². The van der Waals surface area contributed by atoms with Gasteiger partial charge < -0.3 is 4.90 Å². The second-order valence-corrected chi connectivity index (χ2v) is 6.60. The third kappa shape index (κ3) is 2.88. The molecule has 0 aromatic heterocycles. The fourth-order valence-electron chi connectivity index (χ4n) is 2.90. The van der Waals surface area contributed by atoms with Crippen molar-refractivity contribution < 1.29 is 4.79 Å². The zero-order valence-corrected chi connectivity index (χ0v) is 13.9. The van der Waals surface area contributed by atoms with E-state index in [0.717, 1.165) is 16.6 Å². The third-order valence-corrected chi connectivity index (χ3v) is 4.56. The zero-order valence-electron chi connectivity index (χ0n) is 12.3. The van der Waals surface area contributed by atoms with Crippen LogP contribution in [0.1, 0.15) is 28.7 Å². The van der Waals surface area contributed by atoms with E-state index in [1.54, 1.807) is 0 Å². The molecule has 1 aliphatic rings. The van der Waals surface area contributed by atoms with Crippen LogP contribution in [0.2, 0.25) is 0 Å². The van der Waals surface area contributed by atoms with Crippen LogP contribution in [0.25, 0.3) is 0 Å². The topological polar surface area (TPSA) is 20.3 Å². The number of amides is 1. The number of anilines is 1. The molecule has 0 aliphatic carbocycles. The number of halogens is 1. The summed E-state index contributed by atoms with van der Waals surface area (Å²) >= 11 is 3.51. The number of benzene rings is 2. The molecule has 0 unspecified atom stereocenters. The van der Waals surface area contributed by atoms with Crippen LogP contribution in [0, 0.1) is 13.8 Å². The Morgan fingerprint density at radius 1 is 1.10 bits per heavy atom. The van der Waals surface area contributed by atoms with E-state index in [2.05, 4.69) is 54.0 Å². The first-order valence-corrected chi connectivity index (χ1v) is 7.99. The number of nitrogens with zero attached hydrogens (tertiary/aromatic N) is 1. The Morgan fingerprint density at radius 3 is 2.67 bits per heavy atom. The molecule has 1 heterocycles. The second kappa shape index (κ2) is 5.64. The van der Waals surface area contributed by atoms with Gasteiger partial charge >= 0.3 is 0 Å². The summed E-state index contributed by atoms with van der Waals surface area (Å²) in [7, 11) is 0. The predicted octanol–water partition coefficient (Wildman–Crippen LogP) is 4.55. The summed E-state index contributed by atoms with van der Waals surface area (Å²) in [4.78, 5) is 14.3. The Kier molecular flexibility index (Phi) is 3.85. The van der Waals surface area contributed by atoms with E-state index >= 15 is 0 Å². The van der Waals surface area contributed by atoms with Gasteiger partial charge in [0.2, 0.25) is 5.91 Å². The molecule has 0 bridgehead atoms. The van der Waals surface area contributed by atoms with Crippen LogP contribution in [-0.4, -0.2) is 5.91 Å². The van der Waals surface area contributed by atoms with Gasteiger partial charge in [-0.25, -0.2) is 0 Å². The number of carbonyl (C=O) groups is 1. The quantitative estimate of drug-likeness (QED) is 0.783. The molecule has 0 spiro atoms. The molecule has 1 aliphatic heterocycles. The number of carbonyl (C=O) groups excluding carboxylic acids is 1. The summed E-state index contributed by atoms with van der Waals surface area (Å²) in [5.41, 5.74) is 6.01. The minimum atomic E-state index is 0.213. The van der Waals surface area contributed by atoms with E-state index in [0.29, 0.717) is 13.0 Å². The summed E-state index contributed by atoms with van der Waals surface area (Å²) in [6.45, 7) is 4.86.